The van der Waals surface area contributed by atoms with Gasteiger partial charge in [-0.15, -0.1) is 0 Å². The molecule has 2 fully saturated rings. The van der Waals surface area contributed by atoms with Gasteiger partial charge >= 0.3 is 0 Å². The molecule has 0 radical (unpaired) electrons. The van der Waals surface area contributed by atoms with E-state index in [-0.39, 0.29) is 17.9 Å². The van der Waals surface area contributed by atoms with Crippen molar-refractivity contribution in [3.63, 3.8) is 0 Å². The van der Waals surface area contributed by atoms with Crippen LogP contribution in [-0.4, -0.2) is 24.2 Å². The third-order valence-corrected chi connectivity index (χ3v) is 4.00. The van der Waals surface area contributed by atoms with Crippen LogP contribution in [0, 0.1) is 22.8 Å². The first kappa shape index (κ1) is 10.4. The molecule has 0 aromatic carbocycles. The van der Waals surface area contributed by atoms with E-state index in [4.69, 9.17) is 15.7 Å². The number of rotatable bonds is 1. The van der Waals surface area contributed by atoms with Gasteiger partial charge < -0.3 is 10.5 Å². The van der Waals surface area contributed by atoms with Gasteiger partial charge in [-0.25, -0.2) is 0 Å². The van der Waals surface area contributed by atoms with Crippen molar-refractivity contribution in [1.29, 1.82) is 5.26 Å². The highest BCUT2D eigenvalue weighted by molar-refractivity contribution is 5.90. The number of ether oxygens (including phenoxy) is 1. The Labute approximate surface area is 88.6 Å². The van der Waals surface area contributed by atoms with Crippen LogP contribution in [0.15, 0.2) is 0 Å². The number of hydrogen-bond acceptors (Lipinski definition) is 4. The molecule has 1 aliphatic heterocycles. The molecule has 1 amide bonds. The fourth-order valence-corrected chi connectivity index (χ4v) is 3.00. The molecular weight excluding hydrogens is 194 g/mol. The van der Waals surface area contributed by atoms with E-state index < -0.39 is 11.0 Å². The van der Waals surface area contributed by atoms with Crippen molar-refractivity contribution in [2.24, 2.45) is 17.1 Å². The minimum Gasteiger partial charge on any atom is -0.377 e. The monoisotopic (exact) mass is 209 g/mol. The van der Waals surface area contributed by atoms with Gasteiger partial charge in [0.25, 0.3) is 5.91 Å². The van der Waals surface area contributed by atoms with Crippen molar-refractivity contribution in [2.45, 2.75) is 31.9 Å². The molecule has 82 valence electrons. The third-order valence-electron chi connectivity index (χ3n) is 4.00. The van der Waals surface area contributed by atoms with Gasteiger partial charge in [0.15, 0.2) is 6.19 Å². The average Bonchev–Trinajstić information content (AvgIpc) is 2.64. The second-order valence-electron chi connectivity index (χ2n) is 4.84. The lowest BCUT2D eigenvalue weighted by atomic mass is 9.48. The van der Waals surface area contributed by atoms with Crippen LogP contribution >= 0.6 is 0 Å². The second-order valence-corrected chi connectivity index (χ2v) is 4.84. The summed E-state index contributed by atoms with van der Waals surface area (Å²) in [4.78, 5) is 11.8. The fourth-order valence-electron chi connectivity index (χ4n) is 3.00. The normalized spacial score (nSPS) is 41.2. The van der Waals surface area contributed by atoms with Crippen LogP contribution in [0.3, 0.4) is 0 Å². The Hall–Kier alpha value is -1.12. The van der Waals surface area contributed by atoms with Crippen LogP contribution in [0.5, 0.6) is 0 Å². The quantitative estimate of drug-likeness (QED) is 0.459. The van der Waals surface area contributed by atoms with E-state index in [0.717, 1.165) is 6.42 Å². The molecule has 3 atom stereocenters. The number of nitriles is 1. The summed E-state index contributed by atoms with van der Waals surface area (Å²) in [5.74, 6) is -0.345. The van der Waals surface area contributed by atoms with Gasteiger partial charge in [-0.05, 0) is 6.42 Å². The van der Waals surface area contributed by atoms with Crippen molar-refractivity contribution in [1.82, 2.24) is 5.32 Å². The molecule has 1 aliphatic carbocycles. The highest BCUT2D eigenvalue weighted by Gasteiger charge is 2.71. The number of nitrogens with one attached hydrogen (secondary N) is 1. The lowest BCUT2D eigenvalue weighted by Gasteiger charge is -2.60. The standard InChI is InChI=1S/C10H15N3O2/c1-9(2)7-6(3-4-15-7)10(9,12)8(14)13-5-11/h6-7H,3-4,12H2,1-2H3,(H,13,14). The molecule has 3 unspecified atom stereocenters. The Kier molecular flexibility index (Phi) is 2.04. The van der Waals surface area contributed by atoms with Crippen molar-refractivity contribution in [3.05, 3.63) is 0 Å². The molecule has 5 nitrogen and oxygen atoms in total. The summed E-state index contributed by atoms with van der Waals surface area (Å²) in [6, 6.07) is 0. The zero-order valence-electron chi connectivity index (χ0n) is 8.91. The molecule has 5 heteroatoms. The maximum atomic E-state index is 11.8. The predicted molar refractivity (Wildman–Crippen MR) is 52.3 cm³/mol. The van der Waals surface area contributed by atoms with Gasteiger partial charge in [-0.2, -0.15) is 5.26 Å². The summed E-state index contributed by atoms with van der Waals surface area (Å²) in [5, 5.41) is 10.6. The Balaban J connectivity index is 2.28. The van der Waals surface area contributed by atoms with Crippen LogP contribution in [0.4, 0.5) is 0 Å². The average molecular weight is 209 g/mol. The highest BCUT2D eigenvalue weighted by Crippen LogP contribution is 2.58. The van der Waals surface area contributed by atoms with Crippen molar-refractivity contribution in [3.8, 4) is 6.19 Å². The zero-order valence-corrected chi connectivity index (χ0v) is 8.91. The van der Waals surface area contributed by atoms with Gasteiger partial charge in [0.05, 0.1) is 6.10 Å². The minimum atomic E-state index is -0.968. The van der Waals surface area contributed by atoms with E-state index in [1.165, 1.54) is 0 Å². The van der Waals surface area contributed by atoms with Crippen LogP contribution in [0.1, 0.15) is 20.3 Å². The lowest BCUT2D eigenvalue weighted by Crippen LogP contribution is -2.79. The number of hydrogen-bond donors (Lipinski definition) is 2. The van der Waals surface area contributed by atoms with Gasteiger partial charge in [0, 0.05) is 17.9 Å². The van der Waals surface area contributed by atoms with Gasteiger partial charge in [-0.3, -0.25) is 10.1 Å². The van der Waals surface area contributed by atoms with E-state index in [0.29, 0.717) is 6.61 Å². The van der Waals surface area contributed by atoms with Crippen molar-refractivity contribution >= 4 is 5.91 Å². The zero-order chi connectivity index (χ0) is 11.3. The Morgan fingerprint density at radius 3 is 2.93 bits per heavy atom. The summed E-state index contributed by atoms with van der Waals surface area (Å²) in [6.07, 6.45) is 2.48. The molecule has 1 heterocycles. The molecule has 15 heavy (non-hydrogen) atoms. The second kappa shape index (κ2) is 2.94. The lowest BCUT2D eigenvalue weighted by molar-refractivity contribution is -0.174. The first-order chi connectivity index (χ1) is 6.96. The number of carbonyl (C=O) groups excluding carboxylic acids is 1. The van der Waals surface area contributed by atoms with E-state index in [1.54, 1.807) is 6.19 Å². The molecule has 0 bridgehead atoms. The first-order valence-corrected chi connectivity index (χ1v) is 5.06. The summed E-state index contributed by atoms with van der Waals surface area (Å²) in [7, 11) is 0. The number of nitrogens with two attached hydrogens (primary N) is 1. The smallest absolute Gasteiger partial charge is 0.254 e. The molecule has 0 spiro atoms. The largest absolute Gasteiger partial charge is 0.377 e. The SMILES string of the molecule is CC1(C)C2OCCC2C1(N)C(=O)NC#N. The third kappa shape index (κ3) is 1.01. The number of amides is 1. The molecular formula is C10H15N3O2. The van der Waals surface area contributed by atoms with Crippen LogP contribution in [-0.2, 0) is 9.53 Å². The van der Waals surface area contributed by atoms with E-state index >= 15 is 0 Å². The van der Waals surface area contributed by atoms with Crippen LogP contribution in [0.2, 0.25) is 0 Å². The molecule has 2 rings (SSSR count). The maximum Gasteiger partial charge on any atom is 0.254 e. The Morgan fingerprint density at radius 2 is 2.33 bits per heavy atom. The first-order valence-electron chi connectivity index (χ1n) is 5.06. The highest BCUT2D eigenvalue weighted by atomic mass is 16.5. The Bertz CT molecular complexity index is 347. The molecule has 3 N–H and O–H groups in total. The predicted octanol–water partition coefficient (Wildman–Crippen LogP) is -0.274. The van der Waals surface area contributed by atoms with Crippen molar-refractivity contribution in [2.75, 3.05) is 6.61 Å². The molecule has 2 aliphatic rings. The summed E-state index contributed by atoms with van der Waals surface area (Å²) in [6.45, 7) is 4.48. The summed E-state index contributed by atoms with van der Waals surface area (Å²) < 4.78 is 5.55. The molecule has 0 aromatic rings. The summed E-state index contributed by atoms with van der Waals surface area (Å²) in [5.41, 5.74) is 4.78. The van der Waals surface area contributed by atoms with Gasteiger partial charge in [-0.1, -0.05) is 13.8 Å². The molecule has 1 saturated heterocycles. The number of nitrogens with zero attached hydrogens (tertiary/aromatic N) is 1. The van der Waals surface area contributed by atoms with E-state index in [2.05, 4.69) is 5.32 Å². The maximum absolute atomic E-state index is 11.8. The van der Waals surface area contributed by atoms with Gasteiger partial charge in [0.2, 0.25) is 0 Å². The van der Waals surface area contributed by atoms with Crippen LogP contribution < -0.4 is 11.1 Å². The number of carbonyl (C=O) groups is 1. The minimum absolute atomic E-state index is 0.0425. The Morgan fingerprint density at radius 1 is 1.67 bits per heavy atom. The van der Waals surface area contributed by atoms with E-state index in [1.807, 2.05) is 13.8 Å². The molecule has 1 saturated carbocycles. The topological polar surface area (TPSA) is 88.1 Å². The van der Waals surface area contributed by atoms with E-state index in [9.17, 15) is 4.79 Å². The summed E-state index contributed by atoms with van der Waals surface area (Å²) >= 11 is 0. The van der Waals surface area contributed by atoms with Crippen LogP contribution in [0.25, 0.3) is 0 Å². The van der Waals surface area contributed by atoms with Gasteiger partial charge in [0.1, 0.15) is 5.54 Å². The molecule has 0 aromatic heterocycles. The number of fused-ring (bicyclic) bond motifs is 1. The fraction of sp³-hybridized carbons (Fsp3) is 0.800. The van der Waals surface area contributed by atoms with Crippen molar-refractivity contribution < 1.29 is 9.53 Å².